The van der Waals surface area contributed by atoms with E-state index in [-0.39, 0.29) is 5.92 Å². The van der Waals surface area contributed by atoms with Gasteiger partial charge in [0.2, 0.25) is 0 Å². The van der Waals surface area contributed by atoms with Crippen LogP contribution in [0.15, 0.2) is 40.5 Å². The van der Waals surface area contributed by atoms with Crippen LogP contribution >= 0.6 is 0 Å². The number of ether oxygens (including phenoxy) is 1. The first-order valence-electron chi connectivity index (χ1n) is 7.32. The number of aryl methyl sites for hydroxylation is 2. The number of hydrogen-bond donors (Lipinski definition) is 1. The van der Waals surface area contributed by atoms with E-state index in [4.69, 9.17) is 9.26 Å². The molecule has 1 aliphatic heterocycles. The third kappa shape index (κ3) is 1.78. The van der Waals surface area contributed by atoms with Crippen LogP contribution in [0, 0.1) is 13.8 Å². The van der Waals surface area contributed by atoms with Crippen LogP contribution in [0.3, 0.4) is 0 Å². The van der Waals surface area contributed by atoms with Crippen molar-refractivity contribution in [1.29, 1.82) is 0 Å². The van der Waals surface area contributed by atoms with Crippen molar-refractivity contribution >= 4 is 11.3 Å². The van der Waals surface area contributed by atoms with Crippen molar-refractivity contribution in [2.24, 2.45) is 0 Å². The van der Waals surface area contributed by atoms with E-state index in [0.29, 0.717) is 0 Å². The summed E-state index contributed by atoms with van der Waals surface area (Å²) in [5.74, 6) is 2.05. The van der Waals surface area contributed by atoms with Crippen molar-refractivity contribution in [1.82, 2.24) is 10.1 Å². The summed E-state index contributed by atoms with van der Waals surface area (Å²) >= 11 is 0. The molecule has 2 aromatic rings. The van der Waals surface area contributed by atoms with E-state index in [1.54, 1.807) is 7.11 Å². The Balaban J connectivity index is 1.84. The molecule has 0 fully saturated rings. The topological polar surface area (TPSA) is 60.2 Å². The number of fused-ring (bicyclic) bond motifs is 3. The number of aromatic nitrogens is 2. The Labute approximate surface area is 128 Å². The molecule has 0 radical (unpaired) electrons. The molecule has 0 aromatic carbocycles. The van der Waals surface area contributed by atoms with Gasteiger partial charge in [0.25, 0.3) is 0 Å². The van der Waals surface area contributed by atoms with Gasteiger partial charge in [0.05, 0.1) is 18.4 Å². The summed E-state index contributed by atoms with van der Waals surface area (Å²) in [6, 6.07) is 2.01. The zero-order chi connectivity index (χ0) is 15.3. The fourth-order valence-electron chi connectivity index (χ4n) is 3.37. The maximum absolute atomic E-state index is 5.68. The third-order valence-electron chi connectivity index (χ3n) is 4.42. The number of hydrogen-bond acceptors (Lipinski definition) is 5. The molecule has 0 saturated heterocycles. The highest BCUT2D eigenvalue weighted by Gasteiger charge is 2.34. The summed E-state index contributed by atoms with van der Waals surface area (Å²) in [4.78, 5) is 4.25. The first kappa shape index (κ1) is 13.1. The van der Waals surface area contributed by atoms with E-state index < -0.39 is 0 Å². The summed E-state index contributed by atoms with van der Waals surface area (Å²) in [5.41, 5.74) is 6.49. The fraction of sp³-hybridized carbons (Fsp3) is 0.294. The molecule has 0 amide bonds. The van der Waals surface area contributed by atoms with Crippen LogP contribution < -0.4 is 5.32 Å². The maximum atomic E-state index is 5.68. The molecule has 112 valence electrons. The Morgan fingerprint density at radius 2 is 2.23 bits per heavy atom. The van der Waals surface area contributed by atoms with Gasteiger partial charge in [-0.2, -0.15) is 0 Å². The second-order valence-corrected chi connectivity index (χ2v) is 5.68. The zero-order valence-corrected chi connectivity index (χ0v) is 12.8. The molecule has 1 unspecified atom stereocenters. The summed E-state index contributed by atoms with van der Waals surface area (Å²) in [5, 5.41) is 7.55. The SMILES string of the molecule is COC1=C(c2c(C)noc2C)C=C2Nc3ccncc3C2C1. The van der Waals surface area contributed by atoms with Gasteiger partial charge >= 0.3 is 0 Å². The number of nitrogens with one attached hydrogen (secondary N) is 1. The van der Waals surface area contributed by atoms with E-state index >= 15 is 0 Å². The lowest BCUT2D eigenvalue weighted by atomic mass is 9.86. The van der Waals surface area contributed by atoms with Gasteiger partial charge in [-0.3, -0.25) is 4.98 Å². The molecule has 2 aromatic heterocycles. The molecule has 4 rings (SSSR count). The average Bonchev–Trinajstić information content (AvgIpc) is 3.05. The van der Waals surface area contributed by atoms with Crippen LogP contribution in [-0.4, -0.2) is 17.3 Å². The first-order chi connectivity index (χ1) is 10.7. The Kier molecular flexibility index (Phi) is 2.82. The molecule has 22 heavy (non-hydrogen) atoms. The summed E-state index contributed by atoms with van der Waals surface area (Å²) < 4.78 is 11.0. The third-order valence-corrected chi connectivity index (χ3v) is 4.42. The van der Waals surface area contributed by atoms with E-state index in [1.807, 2.05) is 32.3 Å². The molecule has 5 heteroatoms. The predicted molar refractivity (Wildman–Crippen MR) is 83.2 cm³/mol. The molecule has 2 aliphatic rings. The van der Waals surface area contributed by atoms with Crippen molar-refractivity contribution in [3.05, 3.63) is 58.6 Å². The van der Waals surface area contributed by atoms with Gasteiger partial charge in [-0.25, -0.2) is 0 Å². The lowest BCUT2D eigenvalue weighted by Gasteiger charge is -2.22. The highest BCUT2D eigenvalue weighted by molar-refractivity contribution is 5.83. The number of pyridine rings is 1. The first-order valence-corrected chi connectivity index (χ1v) is 7.32. The Bertz CT molecular complexity index is 798. The van der Waals surface area contributed by atoms with Crippen LogP contribution in [0.5, 0.6) is 0 Å². The van der Waals surface area contributed by atoms with Crippen molar-refractivity contribution in [2.75, 3.05) is 12.4 Å². The Morgan fingerprint density at radius 1 is 1.36 bits per heavy atom. The van der Waals surface area contributed by atoms with Gasteiger partial charge in [0, 0.05) is 47.3 Å². The van der Waals surface area contributed by atoms with E-state index in [1.165, 1.54) is 11.3 Å². The molecule has 0 bridgehead atoms. The molecule has 1 aliphatic carbocycles. The molecule has 1 atom stereocenters. The van der Waals surface area contributed by atoms with Gasteiger partial charge < -0.3 is 14.6 Å². The van der Waals surface area contributed by atoms with Gasteiger partial charge in [-0.05, 0) is 26.0 Å². The predicted octanol–water partition coefficient (Wildman–Crippen LogP) is 3.54. The monoisotopic (exact) mass is 295 g/mol. The fourth-order valence-corrected chi connectivity index (χ4v) is 3.37. The van der Waals surface area contributed by atoms with Crippen molar-refractivity contribution < 1.29 is 9.26 Å². The number of nitrogens with zero attached hydrogens (tertiary/aromatic N) is 2. The maximum Gasteiger partial charge on any atom is 0.141 e. The lowest BCUT2D eigenvalue weighted by molar-refractivity contribution is 0.274. The quantitative estimate of drug-likeness (QED) is 0.918. The van der Waals surface area contributed by atoms with Crippen molar-refractivity contribution in [2.45, 2.75) is 26.2 Å². The smallest absolute Gasteiger partial charge is 0.141 e. The van der Waals surface area contributed by atoms with Crippen LogP contribution in [0.2, 0.25) is 0 Å². The minimum atomic E-state index is 0.280. The second kappa shape index (κ2) is 4.73. The summed E-state index contributed by atoms with van der Waals surface area (Å²) in [6.45, 7) is 3.89. The Morgan fingerprint density at radius 3 is 2.95 bits per heavy atom. The summed E-state index contributed by atoms with van der Waals surface area (Å²) in [6.07, 6.45) is 6.71. The normalized spacial score (nSPS) is 19.4. The highest BCUT2D eigenvalue weighted by Crippen LogP contribution is 2.47. The largest absolute Gasteiger partial charge is 0.500 e. The van der Waals surface area contributed by atoms with Gasteiger partial charge in [-0.1, -0.05) is 5.16 Å². The molecule has 5 nitrogen and oxygen atoms in total. The molecule has 1 N–H and O–H groups in total. The number of methoxy groups -OCH3 is 1. The highest BCUT2D eigenvalue weighted by atomic mass is 16.5. The molecule has 3 heterocycles. The molecular formula is C17H17N3O2. The second-order valence-electron chi connectivity index (χ2n) is 5.68. The van der Waals surface area contributed by atoms with Crippen LogP contribution in [0.4, 0.5) is 5.69 Å². The molecule has 0 spiro atoms. The van der Waals surface area contributed by atoms with E-state index in [0.717, 1.165) is 40.5 Å². The van der Waals surface area contributed by atoms with E-state index in [9.17, 15) is 0 Å². The van der Waals surface area contributed by atoms with Gasteiger partial charge in [-0.15, -0.1) is 0 Å². The molecule has 0 saturated carbocycles. The minimum Gasteiger partial charge on any atom is -0.500 e. The van der Waals surface area contributed by atoms with E-state index in [2.05, 4.69) is 21.5 Å². The zero-order valence-electron chi connectivity index (χ0n) is 12.8. The van der Waals surface area contributed by atoms with Gasteiger partial charge in [0.1, 0.15) is 11.5 Å². The summed E-state index contributed by atoms with van der Waals surface area (Å²) in [7, 11) is 1.72. The molecular weight excluding hydrogens is 278 g/mol. The van der Waals surface area contributed by atoms with Crippen LogP contribution in [0.1, 0.15) is 34.9 Å². The number of allylic oxidation sites excluding steroid dienone is 4. The van der Waals surface area contributed by atoms with Gasteiger partial charge in [0.15, 0.2) is 0 Å². The van der Waals surface area contributed by atoms with Crippen LogP contribution in [0.25, 0.3) is 5.57 Å². The Hall–Kier alpha value is -2.56. The standard InChI is InChI=1S/C17H17N3O2/c1-9-17(10(2)22-20-9)12-6-15-11(7-16(12)21-3)13-8-18-5-4-14(13)19-15/h4-6,8,11,19H,7H2,1-3H3. The minimum absolute atomic E-state index is 0.280. The average molecular weight is 295 g/mol. The van der Waals surface area contributed by atoms with Crippen molar-refractivity contribution in [3.8, 4) is 0 Å². The lowest BCUT2D eigenvalue weighted by Crippen LogP contribution is -2.10. The number of rotatable bonds is 2. The van der Waals surface area contributed by atoms with Crippen LogP contribution in [-0.2, 0) is 4.74 Å². The number of anilines is 1. The van der Waals surface area contributed by atoms with Crippen molar-refractivity contribution in [3.63, 3.8) is 0 Å².